The SMILES string of the molecule is C=C1NC(=O)C/C1=C\c1cnn2c(NC3CC3)cc(-c3cccc(C(F)(F)F)c3)nc12. The number of alkyl halides is 3. The number of anilines is 1. The van der Waals surface area contributed by atoms with Gasteiger partial charge >= 0.3 is 6.18 Å². The Morgan fingerprint density at radius 2 is 2.06 bits per heavy atom. The molecule has 0 spiro atoms. The number of benzene rings is 1. The first-order valence-electron chi connectivity index (χ1n) is 9.80. The summed E-state index contributed by atoms with van der Waals surface area (Å²) in [6.07, 6.45) is 1.22. The van der Waals surface area contributed by atoms with Crippen LogP contribution in [0.2, 0.25) is 0 Å². The highest BCUT2D eigenvalue weighted by Crippen LogP contribution is 2.34. The van der Waals surface area contributed by atoms with Crippen molar-refractivity contribution in [3.8, 4) is 11.3 Å². The minimum Gasteiger partial charge on any atom is -0.367 e. The van der Waals surface area contributed by atoms with Gasteiger partial charge in [0.15, 0.2) is 5.65 Å². The Kier molecular flexibility index (Phi) is 4.35. The van der Waals surface area contributed by atoms with Gasteiger partial charge < -0.3 is 10.6 Å². The molecular weight excluding hydrogens is 407 g/mol. The third kappa shape index (κ3) is 3.78. The zero-order valence-electron chi connectivity index (χ0n) is 16.3. The molecule has 158 valence electrons. The molecule has 31 heavy (non-hydrogen) atoms. The monoisotopic (exact) mass is 425 g/mol. The summed E-state index contributed by atoms with van der Waals surface area (Å²) in [4.78, 5) is 16.3. The van der Waals surface area contributed by atoms with E-state index >= 15 is 0 Å². The molecule has 1 aliphatic heterocycles. The molecule has 2 fully saturated rings. The van der Waals surface area contributed by atoms with Crippen LogP contribution in [0.3, 0.4) is 0 Å². The van der Waals surface area contributed by atoms with Crippen molar-refractivity contribution < 1.29 is 18.0 Å². The van der Waals surface area contributed by atoms with Crippen molar-refractivity contribution in [3.63, 3.8) is 0 Å². The maximum absolute atomic E-state index is 13.2. The molecule has 3 heterocycles. The zero-order valence-corrected chi connectivity index (χ0v) is 16.3. The largest absolute Gasteiger partial charge is 0.416 e. The van der Waals surface area contributed by atoms with Crippen LogP contribution in [0.25, 0.3) is 23.0 Å². The molecule has 2 aromatic heterocycles. The second-order valence-electron chi connectivity index (χ2n) is 7.73. The molecular formula is C22H18F3N5O. The zero-order chi connectivity index (χ0) is 21.8. The normalized spacial score (nSPS) is 18.1. The lowest BCUT2D eigenvalue weighted by atomic mass is 10.1. The second-order valence-corrected chi connectivity index (χ2v) is 7.73. The first-order chi connectivity index (χ1) is 14.8. The van der Waals surface area contributed by atoms with Gasteiger partial charge in [0, 0.05) is 28.9 Å². The fourth-order valence-electron chi connectivity index (χ4n) is 3.52. The maximum atomic E-state index is 13.2. The molecule has 2 N–H and O–H groups in total. The summed E-state index contributed by atoms with van der Waals surface area (Å²) in [5.41, 5.74) is 2.42. The molecule has 2 aliphatic rings. The summed E-state index contributed by atoms with van der Waals surface area (Å²) in [5.74, 6) is 0.519. The molecule has 0 radical (unpaired) electrons. The Bertz CT molecular complexity index is 1250. The lowest BCUT2D eigenvalue weighted by Crippen LogP contribution is -2.10. The number of hydrogen-bond donors (Lipinski definition) is 2. The predicted molar refractivity (Wildman–Crippen MR) is 110 cm³/mol. The van der Waals surface area contributed by atoms with Gasteiger partial charge in [-0.15, -0.1) is 0 Å². The Hall–Kier alpha value is -3.62. The van der Waals surface area contributed by atoms with Crippen LogP contribution in [-0.2, 0) is 11.0 Å². The first-order valence-corrected chi connectivity index (χ1v) is 9.80. The number of carbonyl (C=O) groups excluding carboxylic acids is 1. The molecule has 0 bridgehead atoms. The van der Waals surface area contributed by atoms with E-state index in [1.54, 1.807) is 28.9 Å². The van der Waals surface area contributed by atoms with Crippen molar-refractivity contribution >= 4 is 23.4 Å². The molecule has 9 heteroatoms. The standard InChI is InChI=1S/C22H18F3N5O/c1-12-14(9-20(31)27-12)7-15-11-26-30-19(28-17-5-6-17)10-18(29-21(15)30)13-3-2-4-16(8-13)22(23,24)25/h2-4,7-8,10-11,17,28H,1,5-6,9H2,(H,27,31)/b14-7+. The van der Waals surface area contributed by atoms with E-state index in [0.717, 1.165) is 30.5 Å². The maximum Gasteiger partial charge on any atom is 0.416 e. The predicted octanol–water partition coefficient (Wildman–Crippen LogP) is 4.41. The number of nitrogens with one attached hydrogen (secondary N) is 2. The smallest absolute Gasteiger partial charge is 0.367 e. The molecule has 5 rings (SSSR count). The third-order valence-corrected chi connectivity index (χ3v) is 5.27. The number of aromatic nitrogens is 3. The fraction of sp³-hybridized carbons (Fsp3) is 0.227. The highest BCUT2D eigenvalue weighted by molar-refractivity contribution is 5.90. The molecule has 1 aromatic carbocycles. The molecule has 1 saturated heterocycles. The van der Waals surface area contributed by atoms with Gasteiger partial charge in [0.25, 0.3) is 0 Å². The summed E-state index contributed by atoms with van der Waals surface area (Å²) in [6, 6.07) is 7.12. The van der Waals surface area contributed by atoms with E-state index in [4.69, 9.17) is 0 Å². The molecule has 0 atom stereocenters. The number of hydrogen-bond acceptors (Lipinski definition) is 4. The van der Waals surface area contributed by atoms with E-state index in [-0.39, 0.29) is 12.3 Å². The average molecular weight is 425 g/mol. The summed E-state index contributed by atoms with van der Waals surface area (Å²) < 4.78 is 41.3. The number of carbonyl (C=O) groups is 1. The van der Waals surface area contributed by atoms with Gasteiger partial charge in [-0.25, -0.2) is 4.98 Å². The summed E-state index contributed by atoms with van der Waals surface area (Å²) in [7, 11) is 0. The number of rotatable bonds is 4. The van der Waals surface area contributed by atoms with Gasteiger partial charge in [-0.3, -0.25) is 4.79 Å². The quantitative estimate of drug-likeness (QED) is 0.650. The molecule has 1 amide bonds. The Morgan fingerprint density at radius 3 is 2.74 bits per heavy atom. The molecule has 1 aliphatic carbocycles. The van der Waals surface area contributed by atoms with E-state index in [9.17, 15) is 18.0 Å². The molecule has 1 saturated carbocycles. The van der Waals surface area contributed by atoms with Crippen LogP contribution in [-0.4, -0.2) is 26.5 Å². The van der Waals surface area contributed by atoms with E-state index < -0.39 is 11.7 Å². The number of allylic oxidation sites excluding steroid dienone is 1. The highest BCUT2D eigenvalue weighted by Gasteiger charge is 2.31. The van der Waals surface area contributed by atoms with Crippen molar-refractivity contribution in [2.45, 2.75) is 31.5 Å². The van der Waals surface area contributed by atoms with Crippen LogP contribution < -0.4 is 10.6 Å². The fourth-order valence-corrected chi connectivity index (χ4v) is 3.52. The summed E-state index contributed by atoms with van der Waals surface area (Å²) in [5, 5.41) is 10.4. The van der Waals surface area contributed by atoms with Crippen LogP contribution in [0.15, 0.2) is 54.4 Å². The number of halogens is 3. The Labute approximate surface area is 175 Å². The van der Waals surface area contributed by atoms with Crippen LogP contribution in [0, 0.1) is 0 Å². The third-order valence-electron chi connectivity index (χ3n) is 5.27. The summed E-state index contributed by atoms with van der Waals surface area (Å²) >= 11 is 0. The first kappa shape index (κ1) is 19.3. The minimum atomic E-state index is -4.44. The lowest BCUT2D eigenvalue weighted by Gasteiger charge is -2.12. The van der Waals surface area contributed by atoms with E-state index in [2.05, 4.69) is 27.3 Å². The van der Waals surface area contributed by atoms with Crippen molar-refractivity contribution in [1.29, 1.82) is 0 Å². The van der Waals surface area contributed by atoms with Crippen molar-refractivity contribution in [1.82, 2.24) is 19.9 Å². The average Bonchev–Trinajstić information content (AvgIpc) is 3.35. The number of fused-ring (bicyclic) bond motifs is 1. The highest BCUT2D eigenvalue weighted by atomic mass is 19.4. The van der Waals surface area contributed by atoms with Gasteiger partial charge in [0.2, 0.25) is 5.91 Å². The minimum absolute atomic E-state index is 0.138. The second kappa shape index (κ2) is 6.97. The van der Waals surface area contributed by atoms with E-state index in [0.29, 0.717) is 40.0 Å². The Morgan fingerprint density at radius 1 is 1.26 bits per heavy atom. The van der Waals surface area contributed by atoms with Crippen molar-refractivity contribution in [2.75, 3.05) is 5.32 Å². The van der Waals surface area contributed by atoms with Gasteiger partial charge in [0.05, 0.1) is 23.9 Å². The van der Waals surface area contributed by atoms with E-state index in [1.165, 1.54) is 6.07 Å². The van der Waals surface area contributed by atoms with Gasteiger partial charge in [-0.1, -0.05) is 18.7 Å². The van der Waals surface area contributed by atoms with Gasteiger partial charge in [-0.2, -0.15) is 22.8 Å². The topological polar surface area (TPSA) is 71.3 Å². The lowest BCUT2D eigenvalue weighted by molar-refractivity contribution is -0.137. The van der Waals surface area contributed by atoms with Crippen LogP contribution in [0.4, 0.5) is 19.0 Å². The number of nitrogens with zero attached hydrogens (tertiary/aromatic N) is 3. The van der Waals surface area contributed by atoms with E-state index in [1.807, 2.05) is 0 Å². The van der Waals surface area contributed by atoms with Gasteiger partial charge in [0.1, 0.15) is 5.82 Å². The number of amides is 1. The van der Waals surface area contributed by atoms with Crippen LogP contribution in [0.5, 0.6) is 0 Å². The van der Waals surface area contributed by atoms with Crippen LogP contribution in [0.1, 0.15) is 30.4 Å². The van der Waals surface area contributed by atoms with Crippen molar-refractivity contribution in [3.05, 3.63) is 65.5 Å². The molecule has 3 aromatic rings. The Balaban J connectivity index is 1.65. The molecule has 0 unspecified atom stereocenters. The van der Waals surface area contributed by atoms with Crippen LogP contribution >= 0.6 is 0 Å². The van der Waals surface area contributed by atoms with Crippen molar-refractivity contribution in [2.24, 2.45) is 0 Å². The molecule has 6 nitrogen and oxygen atoms in total. The van der Waals surface area contributed by atoms with Gasteiger partial charge in [-0.05, 0) is 36.6 Å². The summed E-state index contributed by atoms with van der Waals surface area (Å²) in [6.45, 7) is 3.84.